The lowest BCUT2D eigenvalue weighted by molar-refractivity contribution is -0.134. The Bertz CT molecular complexity index is 756. The van der Waals surface area contributed by atoms with Gasteiger partial charge in [-0.05, 0) is 37.3 Å². The molecule has 1 aliphatic heterocycles. The van der Waals surface area contributed by atoms with Crippen molar-refractivity contribution in [2.45, 2.75) is 45.1 Å². The number of piperidine rings is 1. The fourth-order valence-corrected chi connectivity index (χ4v) is 4.62. The van der Waals surface area contributed by atoms with Gasteiger partial charge < -0.3 is 16.0 Å². The predicted molar refractivity (Wildman–Crippen MR) is 104 cm³/mol. The number of rotatable bonds is 5. The Kier molecular flexibility index (Phi) is 5.76. The van der Waals surface area contributed by atoms with E-state index >= 15 is 0 Å². The average Bonchev–Trinajstić information content (AvgIpc) is 3.04. The van der Waals surface area contributed by atoms with E-state index in [0.717, 1.165) is 29.9 Å². The molecule has 2 atom stereocenters. The number of nitrogens with one attached hydrogen (secondary N) is 1. The molecule has 3 N–H and O–H groups in total. The van der Waals surface area contributed by atoms with Crippen molar-refractivity contribution in [1.29, 1.82) is 0 Å². The molecule has 3 rings (SSSR count). The summed E-state index contributed by atoms with van der Waals surface area (Å²) in [6, 6.07) is 6.92. The lowest BCUT2D eigenvalue weighted by atomic mass is 9.96. The second-order valence-corrected chi connectivity index (χ2v) is 8.40. The van der Waals surface area contributed by atoms with E-state index in [0.29, 0.717) is 18.9 Å². The van der Waals surface area contributed by atoms with Crippen molar-refractivity contribution in [3.8, 4) is 0 Å². The van der Waals surface area contributed by atoms with Crippen LogP contribution in [0.4, 0.5) is 4.79 Å². The van der Waals surface area contributed by atoms with Crippen molar-refractivity contribution in [2.75, 3.05) is 13.1 Å². The summed E-state index contributed by atoms with van der Waals surface area (Å²) in [5.74, 6) is 0.502. The number of nitrogens with two attached hydrogens (primary N) is 1. The molecular formula is C19H26N4O2S. The molecule has 1 aliphatic rings. The molecule has 1 saturated heterocycles. The fourth-order valence-electron chi connectivity index (χ4n) is 3.53. The number of para-hydroxylation sites is 1. The third-order valence-corrected chi connectivity index (χ3v) is 5.91. The molecule has 2 aromatic rings. The van der Waals surface area contributed by atoms with Crippen LogP contribution in [0.15, 0.2) is 24.3 Å². The van der Waals surface area contributed by atoms with Gasteiger partial charge in [0, 0.05) is 19.0 Å². The van der Waals surface area contributed by atoms with Gasteiger partial charge in [-0.2, -0.15) is 0 Å². The summed E-state index contributed by atoms with van der Waals surface area (Å²) in [6.45, 7) is 5.43. The first-order valence-corrected chi connectivity index (χ1v) is 9.96. The molecule has 0 radical (unpaired) electrons. The molecule has 0 unspecified atom stereocenters. The molecule has 3 amide bonds. The number of carbonyl (C=O) groups is 2. The SMILES string of the molecule is CC(C)C[C@H](NC(N)=O)C(=O)N1CCC[C@H](c2nc3ccccc3s2)C1. The van der Waals surface area contributed by atoms with Crippen molar-refractivity contribution >= 4 is 33.5 Å². The highest BCUT2D eigenvalue weighted by atomic mass is 32.1. The second kappa shape index (κ2) is 8.03. The Morgan fingerprint density at radius 2 is 2.15 bits per heavy atom. The Morgan fingerprint density at radius 3 is 2.85 bits per heavy atom. The predicted octanol–water partition coefficient (Wildman–Crippen LogP) is 3.09. The smallest absolute Gasteiger partial charge is 0.312 e. The molecule has 1 fully saturated rings. The maximum atomic E-state index is 13.0. The molecule has 140 valence electrons. The minimum atomic E-state index is -0.649. The van der Waals surface area contributed by atoms with E-state index in [1.165, 1.54) is 4.70 Å². The average molecular weight is 375 g/mol. The lowest BCUT2D eigenvalue weighted by Gasteiger charge is -2.34. The van der Waals surface area contributed by atoms with Gasteiger partial charge in [-0.15, -0.1) is 11.3 Å². The summed E-state index contributed by atoms with van der Waals surface area (Å²) in [5.41, 5.74) is 6.29. The maximum absolute atomic E-state index is 13.0. The van der Waals surface area contributed by atoms with Gasteiger partial charge >= 0.3 is 6.03 Å². The molecule has 0 aliphatic carbocycles. The third kappa shape index (κ3) is 4.33. The summed E-state index contributed by atoms with van der Waals surface area (Å²) in [7, 11) is 0. The highest BCUT2D eigenvalue weighted by molar-refractivity contribution is 7.18. The fraction of sp³-hybridized carbons (Fsp3) is 0.526. The summed E-state index contributed by atoms with van der Waals surface area (Å²) >= 11 is 1.71. The zero-order valence-corrected chi connectivity index (χ0v) is 16.1. The topological polar surface area (TPSA) is 88.3 Å². The largest absolute Gasteiger partial charge is 0.352 e. The number of aromatic nitrogens is 1. The van der Waals surface area contributed by atoms with Crippen LogP contribution in [0, 0.1) is 5.92 Å². The summed E-state index contributed by atoms with van der Waals surface area (Å²) < 4.78 is 1.18. The first kappa shape index (κ1) is 18.6. The number of nitrogens with zero attached hydrogens (tertiary/aromatic N) is 2. The molecule has 0 bridgehead atoms. The van der Waals surface area contributed by atoms with Gasteiger partial charge in [0.2, 0.25) is 5.91 Å². The third-order valence-electron chi connectivity index (χ3n) is 4.71. The van der Waals surface area contributed by atoms with Crippen LogP contribution in [0.25, 0.3) is 10.2 Å². The number of hydrogen-bond acceptors (Lipinski definition) is 4. The van der Waals surface area contributed by atoms with Crippen molar-refractivity contribution in [2.24, 2.45) is 11.7 Å². The number of hydrogen-bond donors (Lipinski definition) is 2. The van der Waals surface area contributed by atoms with Crippen LogP contribution in [0.3, 0.4) is 0 Å². The van der Waals surface area contributed by atoms with E-state index in [4.69, 9.17) is 10.7 Å². The van der Waals surface area contributed by atoms with Gasteiger partial charge in [0.25, 0.3) is 0 Å². The van der Waals surface area contributed by atoms with E-state index in [2.05, 4.69) is 11.4 Å². The molecule has 26 heavy (non-hydrogen) atoms. The first-order chi connectivity index (χ1) is 12.4. The van der Waals surface area contributed by atoms with Gasteiger partial charge in [0.15, 0.2) is 0 Å². The van der Waals surface area contributed by atoms with Crippen LogP contribution in [-0.4, -0.2) is 41.0 Å². The highest BCUT2D eigenvalue weighted by Crippen LogP contribution is 2.33. The molecule has 0 saturated carbocycles. The number of primary amides is 1. The highest BCUT2D eigenvalue weighted by Gasteiger charge is 2.31. The quantitative estimate of drug-likeness (QED) is 0.843. The standard InChI is InChI=1S/C19H26N4O2S/c1-12(2)10-15(22-19(20)25)18(24)23-9-5-6-13(11-23)17-21-14-7-3-4-8-16(14)26-17/h3-4,7-8,12-13,15H,5-6,9-11H2,1-2H3,(H3,20,22,25)/t13-,15-/m0/s1. The van der Waals surface area contributed by atoms with Crippen LogP contribution in [0.2, 0.25) is 0 Å². The van der Waals surface area contributed by atoms with Crippen molar-refractivity contribution in [3.05, 3.63) is 29.3 Å². The van der Waals surface area contributed by atoms with Gasteiger partial charge in [-0.1, -0.05) is 26.0 Å². The Labute approximate surface area is 157 Å². The summed E-state index contributed by atoms with van der Waals surface area (Å²) in [5, 5.41) is 3.71. The van der Waals surface area contributed by atoms with Gasteiger partial charge in [-0.3, -0.25) is 4.79 Å². The zero-order valence-electron chi connectivity index (χ0n) is 15.3. The zero-order chi connectivity index (χ0) is 18.7. The molecular weight excluding hydrogens is 348 g/mol. The van der Waals surface area contributed by atoms with Crippen LogP contribution >= 0.6 is 11.3 Å². The number of benzene rings is 1. The molecule has 6 nitrogen and oxygen atoms in total. The van der Waals surface area contributed by atoms with E-state index in [9.17, 15) is 9.59 Å². The normalized spacial score (nSPS) is 18.9. The van der Waals surface area contributed by atoms with Crippen LogP contribution in [0.1, 0.15) is 44.0 Å². The van der Waals surface area contributed by atoms with Crippen molar-refractivity contribution in [1.82, 2.24) is 15.2 Å². The first-order valence-electron chi connectivity index (χ1n) is 9.14. The van der Waals surface area contributed by atoms with Crippen LogP contribution in [-0.2, 0) is 4.79 Å². The molecule has 2 heterocycles. The number of amides is 3. The van der Waals surface area contributed by atoms with Crippen molar-refractivity contribution < 1.29 is 9.59 Å². The Morgan fingerprint density at radius 1 is 1.38 bits per heavy atom. The van der Waals surface area contributed by atoms with Crippen LogP contribution in [0.5, 0.6) is 0 Å². The maximum Gasteiger partial charge on any atom is 0.312 e. The number of thiazole rings is 1. The van der Waals surface area contributed by atoms with Crippen molar-refractivity contribution in [3.63, 3.8) is 0 Å². The Hall–Kier alpha value is -2.15. The molecule has 0 spiro atoms. The lowest BCUT2D eigenvalue weighted by Crippen LogP contribution is -2.52. The second-order valence-electron chi connectivity index (χ2n) is 7.33. The monoisotopic (exact) mass is 374 g/mol. The van der Waals surface area contributed by atoms with Crippen LogP contribution < -0.4 is 11.1 Å². The number of likely N-dealkylation sites (tertiary alicyclic amines) is 1. The minimum absolute atomic E-state index is 0.0386. The number of fused-ring (bicyclic) bond motifs is 1. The molecule has 7 heteroatoms. The van der Waals surface area contributed by atoms with E-state index in [1.54, 1.807) is 11.3 Å². The van der Waals surface area contributed by atoms with E-state index in [-0.39, 0.29) is 11.8 Å². The Balaban J connectivity index is 1.73. The number of urea groups is 1. The summed E-state index contributed by atoms with van der Waals surface area (Å²) in [6.07, 6.45) is 2.56. The molecule has 1 aromatic heterocycles. The number of carbonyl (C=O) groups excluding carboxylic acids is 2. The van der Waals surface area contributed by atoms with E-state index < -0.39 is 12.1 Å². The van der Waals surface area contributed by atoms with Gasteiger partial charge in [0.05, 0.1) is 15.2 Å². The minimum Gasteiger partial charge on any atom is -0.352 e. The van der Waals surface area contributed by atoms with E-state index in [1.807, 2.05) is 36.9 Å². The molecule has 1 aromatic carbocycles. The van der Waals surface area contributed by atoms with Gasteiger partial charge in [0.1, 0.15) is 6.04 Å². The van der Waals surface area contributed by atoms with Gasteiger partial charge in [-0.25, -0.2) is 9.78 Å². The summed E-state index contributed by atoms with van der Waals surface area (Å²) in [4.78, 5) is 30.9.